The van der Waals surface area contributed by atoms with Gasteiger partial charge in [0.1, 0.15) is 0 Å². The SMILES string of the molecule is O=C1Nc2cc(C(=O)NCCCN3CCC(Cc4ccccc4)CC3)ccc2S/C1=C\c1ccccc1. The predicted molar refractivity (Wildman–Crippen MR) is 152 cm³/mol. The average molecular weight is 512 g/mol. The third-order valence-corrected chi connectivity index (χ3v) is 8.14. The van der Waals surface area contributed by atoms with Crippen molar-refractivity contribution >= 4 is 35.3 Å². The number of hydrogen-bond donors (Lipinski definition) is 2. The van der Waals surface area contributed by atoms with E-state index < -0.39 is 0 Å². The van der Waals surface area contributed by atoms with Crippen molar-refractivity contribution in [3.63, 3.8) is 0 Å². The van der Waals surface area contributed by atoms with Gasteiger partial charge >= 0.3 is 0 Å². The molecule has 0 radical (unpaired) electrons. The Morgan fingerprint density at radius 1 is 1.00 bits per heavy atom. The van der Waals surface area contributed by atoms with Crippen LogP contribution in [-0.4, -0.2) is 42.9 Å². The normalized spacial score (nSPS) is 17.3. The van der Waals surface area contributed by atoms with Gasteiger partial charge in [-0.25, -0.2) is 0 Å². The summed E-state index contributed by atoms with van der Waals surface area (Å²) in [6, 6.07) is 26.1. The van der Waals surface area contributed by atoms with Crippen molar-refractivity contribution in [3.05, 3.63) is 100 Å². The zero-order chi connectivity index (χ0) is 25.5. The Balaban J connectivity index is 1.06. The zero-order valence-electron chi connectivity index (χ0n) is 21.0. The van der Waals surface area contributed by atoms with Crippen molar-refractivity contribution in [2.45, 2.75) is 30.6 Å². The van der Waals surface area contributed by atoms with Gasteiger partial charge in [-0.2, -0.15) is 0 Å². The third kappa shape index (κ3) is 6.90. The van der Waals surface area contributed by atoms with Gasteiger partial charge in [0.2, 0.25) is 0 Å². The van der Waals surface area contributed by atoms with E-state index in [1.54, 1.807) is 6.07 Å². The number of piperidine rings is 1. The van der Waals surface area contributed by atoms with Crippen LogP contribution in [0.25, 0.3) is 6.08 Å². The van der Waals surface area contributed by atoms with Gasteiger partial charge in [-0.05, 0) is 86.6 Å². The molecule has 2 aliphatic heterocycles. The second-order valence-corrected chi connectivity index (χ2v) is 10.9. The van der Waals surface area contributed by atoms with Gasteiger partial charge in [0.25, 0.3) is 11.8 Å². The molecule has 190 valence electrons. The standard InChI is InChI=1S/C31H33N3O2S/c35-30(32-16-7-17-34-18-14-25(15-19-34)20-23-8-3-1-4-9-23)26-12-13-28-27(22-26)33-31(36)29(37-28)21-24-10-5-2-6-11-24/h1-6,8-13,21-22,25H,7,14-20H2,(H,32,35)(H,33,36)/b29-21-. The number of anilines is 1. The Bertz CT molecular complexity index is 1250. The number of thioether (sulfide) groups is 1. The first-order chi connectivity index (χ1) is 18.1. The number of likely N-dealkylation sites (tertiary alicyclic amines) is 1. The fourth-order valence-electron chi connectivity index (χ4n) is 4.97. The number of nitrogens with zero attached hydrogens (tertiary/aromatic N) is 1. The third-order valence-electron chi connectivity index (χ3n) is 7.04. The molecule has 1 saturated heterocycles. The molecule has 0 aromatic heterocycles. The van der Waals surface area contributed by atoms with E-state index in [0.717, 1.165) is 42.4 Å². The lowest BCUT2D eigenvalue weighted by molar-refractivity contribution is -0.112. The van der Waals surface area contributed by atoms with Crippen molar-refractivity contribution in [3.8, 4) is 0 Å². The Hall–Kier alpha value is -3.35. The van der Waals surface area contributed by atoms with E-state index in [0.29, 0.717) is 22.7 Å². The molecule has 3 aromatic rings. The number of fused-ring (bicyclic) bond motifs is 1. The molecule has 0 unspecified atom stereocenters. The van der Waals surface area contributed by atoms with Crippen molar-refractivity contribution in [1.29, 1.82) is 0 Å². The smallest absolute Gasteiger partial charge is 0.262 e. The minimum atomic E-state index is -0.147. The molecule has 2 amide bonds. The van der Waals surface area contributed by atoms with Crippen molar-refractivity contribution in [2.75, 3.05) is 31.5 Å². The van der Waals surface area contributed by atoms with Crippen LogP contribution in [0.3, 0.4) is 0 Å². The first-order valence-electron chi connectivity index (χ1n) is 13.1. The Morgan fingerprint density at radius 3 is 2.49 bits per heavy atom. The molecule has 6 heteroatoms. The molecule has 0 saturated carbocycles. The van der Waals surface area contributed by atoms with Crippen molar-refractivity contribution in [1.82, 2.24) is 10.2 Å². The second kappa shape index (κ2) is 12.3. The molecule has 3 aromatic carbocycles. The van der Waals surface area contributed by atoms with E-state index in [9.17, 15) is 9.59 Å². The first kappa shape index (κ1) is 25.3. The summed E-state index contributed by atoms with van der Waals surface area (Å²) >= 11 is 1.43. The van der Waals surface area contributed by atoms with E-state index in [4.69, 9.17) is 0 Å². The molecular weight excluding hydrogens is 478 g/mol. The van der Waals surface area contributed by atoms with Crippen LogP contribution >= 0.6 is 11.8 Å². The summed E-state index contributed by atoms with van der Waals surface area (Å²) in [6.45, 7) is 3.92. The summed E-state index contributed by atoms with van der Waals surface area (Å²) in [5.74, 6) is 0.520. The molecule has 1 fully saturated rings. The van der Waals surface area contributed by atoms with Crippen LogP contribution in [0.2, 0.25) is 0 Å². The maximum absolute atomic E-state index is 12.7. The van der Waals surface area contributed by atoms with Crippen LogP contribution in [0.15, 0.2) is 88.7 Å². The number of hydrogen-bond acceptors (Lipinski definition) is 4. The molecular formula is C31H33N3O2S. The molecule has 0 spiro atoms. The van der Waals surface area contributed by atoms with Crippen molar-refractivity contribution < 1.29 is 9.59 Å². The molecule has 2 aliphatic rings. The molecule has 5 nitrogen and oxygen atoms in total. The van der Waals surface area contributed by atoms with E-state index >= 15 is 0 Å². The average Bonchev–Trinajstić information content (AvgIpc) is 2.93. The first-order valence-corrected chi connectivity index (χ1v) is 13.9. The quantitative estimate of drug-likeness (QED) is 0.294. The fourth-order valence-corrected chi connectivity index (χ4v) is 5.90. The molecule has 37 heavy (non-hydrogen) atoms. The Morgan fingerprint density at radius 2 is 1.73 bits per heavy atom. The van der Waals surface area contributed by atoms with Gasteiger partial charge in [-0.3, -0.25) is 9.59 Å². The summed E-state index contributed by atoms with van der Waals surface area (Å²) in [7, 11) is 0. The highest BCUT2D eigenvalue weighted by atomic mass is 32.2. The highest BCUT2D eigenvalue weighted by molar-refractivity contribution is 8.04. The second-order valence-electron chi connectivity index (χ2n) is 9.77. The highest BCUT2D eigenvalue weighted by Crippen LogP contribution is 2.39. The van der Waals surface area contributed by atoms with Gasteiger partial charge in [-0.15, -0.1) is 0 Å². The minimum Gasteiger partial charge on any atom is -0.352 e. The summed E-state index contributed by atoms with van der Waals surface area (Å²) in [5.41, 5.74) is 3.67. The zero-order valence-corrected chi connectivity index (χ0v) is 21.8. The minimum absolute atomic E-state index is 0.103. The van der Waals surface area contributed by atoms with Crippen LogP contribution in [0.5, 0.6) is 0 Å². The maximum Gasteiger partial charge on any atom is 0.262 e. The number of carbonyl (C=O) groups is 2. The van der Waals surface area contributed by atoms with E-state index in [-0.39, 0.29) is 11.8 Å². The van der Waals surface area contributed by atoms with Gasteiger partial charge < -0.3 is 15.5 Å². The Labute approximate surface area is 223 Å². The van der Waals surface area contributed by atoms with Crippen LogP contribution in [0, 0.1) is 5.92 Å². The maximum atomic E-state index is 12.7. The van der Waals surface area contributed by atoms with E-state index in [1.807, 2.05) is 48.5 Å². The monoisotopic (exact) mass is 511 g/mol. The lowest BCUT2D eigenvalue weighted by Gasteiger charge is -2.32. The topological polar surface area (TPSA) is 61.4 Å². The molecule has 2 N–H and O–H groups in total. The van der Waals surface area contributed by atoms with Gasteiger partial charge in [-0.1, -0.05) is 72.4 Å². The number of rotatable bonds is 8. The summed E-state index contributed by atoms with van der Waals surface area (Å²) in [5, 5.41) is 5.98. The Kier molecular flexibility index (Phi) is 8.39. The lowest BCUT2D eigenvalue weighted by atomic mass is 9.90. The predicted octanol–water partition coefficient (Wildman–Crippen LogP) is 5.85. The van der Waals surface area contributed by atoms with Crippen LogP contribution in [0.1, 0.15) is 40.7 Å². The number of carbonyl (C=O) groups excluding carboxylic acids is 2. The summed E-state index contributed by atoms with van der Waals surface area (Å²) < 4.78 is 0. The molecule has 0 atom stereocenters. The summed E-state index contributed by atoms with van der Waals surface area (Å²) in [4.78, 5) is 29.4. The molecule has 2 heterocycles. The van der Waals surface area contributed by atoms with Gasteiger partial charge in [0.15, 0.2) is 0 Å². The van der Waals surface area contributed by atoms with Crippen molar-refractivity contribution in [2.24, 2.45) is 5.92 Å². The van der Waals surface area contributed by atoms with Crippen LogP contribution in [0.4, 0.5) is 5.69 Å². The highest BCUT2D eigenvalue weighted by Gasteiger charge is 2.22. The number of benzene rings is 3. The van der Waals surface area contributed by atoms with Gasteiger partial charge in [0, 0.05) is 17.0 Å². The lowest BCUT2D eigenvalue weighted by Crippen LogP contribution is -2.36. The molecule has 5 rings (SSSR count). The van der Waals surface area contributed by atoms with Crippen LogP contribution in [-0.2, 0) is 11.2 Å². The molecule has 0 aliphatic carbocycles. The number of amides is 2. The van der Waals surface area contributed by atoms with Gasteiger partial charge in [0.05, 0.1) is 10.6 Å². The number of nitrogens with one attached hydrogen (secondary N) is 2. The summed E-state index contributed by atoms with van der Waals surface area (Å²) in [6.07, 6.45) is 6.47. The van der Waals surface area contributed by atoms with E-state index in [1.165, 1.54) is 36.6 Å². The van der Waals surface area contributed by atoms with Crippen LogP contribution < -0.4 is 10.6 Å². The fraction of sp³-hybridized carbons (Fsp3) is 0.290. The molecule has 0 bridgehead atoms. The largest absolute Gasteiger partial charge is 0.352 e. The van der Waals surface area contributed by atoms with E-state index in [2.05, 4.69) is 45.9 Å².